The smallest absolute Gasteiger partial charge is 0.255 e. The van der Waals surface area contributed by atoms with Crippen molar-refractivity contribution >= 4 is 30.7 Å². The normalized spacial score (nSPS) is 19.4. The molecular formula is C20H26Cl2N4O2. The highest BCUT2D eigenvalue weighted by molar-refractivity contribution is 5.94. The fraction of sp³-hybridized carbons (Fsp3) is 0.400. The predicted molar refractivity (Wildman–Crippen MR) is 114 cm³/mol. The van der Waals surface area contributed by atoms with Gasteiger partial charge in [0.15, 0.2) is 0 Å². The molecule has 152 valence electrons. The third kappa shape index (κ3) is 5.35. The monoisotopic (exact) mass is 424 g/mol. The third-order valence-electron chi connectivity index (χ3n) is 5.07. The summed E-state index contributed by atoms with van der Waals surface area (Å²) in [4.78, 5) is 21.5. The lowest BCUT2D eigenvalue weighted by Crippen LogP contribution is -2.49. The molecule has 1 atom stereocenters. The fourth-order valence-electron chi connectivity index (χ4n) is 3.63. The van der Waals surface area contributed by atoms with Crippen LogP contribution < -0.4 is 10.1 Å². The molecule has 1 N–H and O–H groups in total. The minimum absolute atomic E-state index is 0. The molecule has 1 aromatic heterocycles. The molecule has 0 saturated carbocycles. The Bertz CT molecular complexity index is 740. The van der Waals surface area contributed by atoms with Gasteiger partial charge < -0.3 is 15.0 Å². The summed E-state index contributed by atoms with van der Waals surface area (Å²) >= 11 is 0. The first-order chi connectivity index (χ1) is 12.8. The average Bonchev–Trinajstić information content (AvgIpc) is 3.20. The number of nitrogens with one attached hydrogen (secondary N) is 1. The zero-order valence-electron chi connectivity index (χ0n) is 15.6. The van der Waals surface area contributed by atoms with Gasteiger partial charge in [0.1, 0.15) is 5.75 Å². The highest BCUT2D eigenvalue weighted by atomic mass is 35.5. The molecule has 2 saturated heterocycles. The summed E-state index contributed by atoms with van der Waals surface area (Å²) in [6.07, 6.45) is 2.66. The van der Waals surface area contributed by atoms with Crippen molar-refractivity contribution in [1.29, 1.82) is 0 Å². The van der Waals surface area contributed by atoms with Crippen LogP contribution in [0.4, 0.5) is 0 Å². The van der Waals surface area contributed by atoms with Crippen molar-refractivity contribution in [3.05, 3.63) is 54.2 Å². The molecule has 4 rings (SSSR count). The number of hydrogen-bond donors (Lipinski definition) is 1. The van der Waals surface area contributed by atoms with Gasteiger partial charge in [-0.3, -0.25) is 9.69 Å². The molecule has 1 amide bonds. The molecule has 0 radical (unpaired) electrons. The quantitative estimate of drug-likeness (QED) is 0.817. The fourth-order valence-corrected chi connectivity index (χ4v) is 3.63. The number of amides is 1. The molecular weight excluding hydrogens is 399 g/mol. The van der Waals surface area contributed by atoms with Crippen LogP contribution in [0.3, 0.4) is 0 Å². The van der Waals surface area contributed by atoms with E-state index in [1.54, 1.807) is 18.3 Å². The number of piperazine rings is 1. The van der Waals surface area contributed by atoms with Crippen molar-refractivity contribution in [2.75, 3.05) is 39.3 Å². The largest absolute Gasteiger partial charge is 0.439 e. The molecule has 28 heavy (non-hydrogen) atoms. The number of carbonyl (C=O) groups excluding carboxylic acids is 1. The summed E-state index contributed by atoms with van der Waals surface area (Å²) in [5, 5.41) is 3.38. The van der Waals surface area contributed by atoms with Crippen molar-refractivity contribution in [3.63, 3.8) is 0 Å². The molecule has 1 unspecified atom stereocenters. The summed E-state index contributed by atoms with van der Waals surface area (Å²) in [5.74, 6) is 1.28. The summed E-state index contributed by atoms with van der Waals surface area (Å²) in [6, 6.07) is 13.5. The number of carbonyl (C=O) groups is 1. The second-order valence-corrected chi connectivity index (χ2v) is 6.78. The van der Waals surface area contributed by atoms with E-state index in [2.05, 4.69) is 15.2 Å². The van der Waals surface area contributed by atoms with Gasteiger partial charge in [-0.25, -0.2) is 4.98 Å². The lowest BCUT2D eigenvalue weighted by Gasteiger charge is -2.32. The maximum Gasteiger partial charge on any atom is 0.255 e. The van der Waals surface area contributed by atoms with Crippen molar-refractivity contribution in [3.8, 4) is 11.6 Å². The second kappa shape index (κ2) is 10.6. The minimum Gasteiger partial charge on any atom is -0.439 e. The number of nitrogens with zero attached hydrogens (tertiary/aromatic N) is 3. The summed E-state index contributed by atoms with van der Waals surface area (Å²) < 4.78 is 5.69. The van der Waals surface area contributed by atoms with E-state index in [9.17, 15) is 4.79 Å². The molecule has 2 aromatic rings. The number of para-hydroxylation sites is 1. The zero-order valence-corrected chi connectivity index (χ0v) is 17.3. The number of benzene rings is 1. The molecule has 0 spiro atoms. The number of halogens is 2. The maximum absolute atomic E-state index is 12.8. The van der Waals surface area contributed by atoms with Crippen molar-refractivity contribution in [2.24, 2.45) is 0 Å². The van der Waals surface area contributed by atoms with Crippen LogP contribution >= 0.6 is 24.8 Å². The van der Waals surface area contributed by atoms with Gasteiger partial charge in [-0.15, -0.1) is 24.8 Å². The summed E-state index contributed by atoms with van der Waals surface area (Å²) in [5.41, 5.74) is 0.617. The van der Waals surface area contributed by atoms with E-state index in [0.29, 0.717) is 17.5 Å². The van der Waals surface area contributed by atoms with E-state index in [1.165, 1.54) is 0 Å². The van der Waals surface area contributed by atoms with E-state index >= 15 is 0 Å². The Labute approximate surface area is 178 Å². The summed E-state index contributed by atoms with van der Waals surface area (Å²) in [6.45, 7) is 5.84. The average molecular weight is 425 g/mol. The molecule has 3 heterocycles. The summed E-state index contributed by atoms with van der Waals surface area (Å²) in [7, 11) is 0. The molecule has 0 aliphatic carbocycles. The van der Waals surface area contributed by atoms with Crippen molar-refractivity contribution < 1.29 is 9.53 Å². The molecule has 6 nitrogen and oxygen atoms in total. The van der Waals surface area contributed by atoms with Crippen LogP contribution in [0.2, 0.25) is 0 Å². The molecule has 8 heteroatoms. The number of hydrogen-bond acceptors (Lipinski definition) is 5. The standard InChI is InChI=1S/C20H24N4O2.2ClH/c25-20(24-11-8-17(15-24)23-12-9-21-10-13-23)16-6-7-19(22-14-16)26-18-4-2-1-3-5-18;;/h1-7,14,17,21H,8-13,15H2;2*1H. The van der Waals surface area contributed by atoms with Crippen molar-refractivity contribution in [1.82, 2.24) is 20.1 Å². The van der Waals surface area contributed by atoms with Gasteiger partial charge in [0.05, 0.1) is 5.56 Å². The number of pyridine rings is 1. The minimum atomic E-state index is 0. The first-order valence-electron chi connectivity index (χ1n) is 9.22. The molecule has 2 aliphatic heterocycles. The molecule has 1 aromatic carbocycles. The van der Waals surface area contributed by atoms with Gasteiger partial charge in [0, 0.05) is 57.6 Å². The van der Waals surface area contributed by atoms with Gasteiger partial charge in [0.25, 0.3) is 5.91 Å². The SMILES string of the molecule is Cl.Cl.O=C(c1ccc(Oc2ccccc2)nc1)N1CCC(N2CCNCC2)C1. The maximum atomic E-state index is 12.8. The van der Waals surface area contributed by atoms with Gasteiger partial charge in [-0.05, 0) is 24.6 Å². The van der Waals surface area contributed by atoms with E-state index in [4.69, 9.17) is 4.74 Å². The Morgan fingerprint density at radius 3 is 2.46 bits per heavy atom. The van der Waals surface area contributed by atoms with Crippen LogP contribution in [-0.2, 0) is 0 Å². The lowest BCUT2D eigenvalue weighted by atomic mass is 10.2. The van der Waals surface area contributed by atoms with Gasteiger partial charge in [-0.2, -0.15) is 0 Å². The van der Waals surface area contributed by atoms with Crippen LogP contribution in [0.5, 0.6) is 11.6 Å². The molecule has 0 bridgehead atoms. The lowest BCUT2D eigenvalue weighted by molar-refractivity contribution is 0.0773. The third-order valence-corrected chi connectivity index (χ3v) is 5.07. The number of ether oxygens (including phenoxy) is 1. The highest BCUT2D eigenvalue weighted by Gasteiger charge is 2.31. The van der Waals surface area contributed by atoms with Crippen LogP contribution in [-0.4, -0.2) is 66.0 Å². The van der Waals surface area contributed by atoms with Crippen LogP contribution in [0, 0.1) is 0 Å². The van der Waals surface area contributed by atoms with Crippen LogP contribution in [0.1, 0.15) is 16.8 Å². The van der Waals surface area contributed by atoms with Gasteiger partial charge in [-0.1, -0.05) is 18.2 Å². The zero-order chi connectivity index (χ0) is 17.8. The first-order valence-corrected chi connectivity index (χ1v) is 9.22. The number of likely N-dealkylation sites (tertiary alicyclic amines) is 1. The van der Waals surface area contributed by atoms with Crippen molar-refractivity contribution in [2.45, 2.75) is 12.5 Å². The van der Waals surface area contributed by atoms with Crippen LogP contribution in [0.15, 0.2) is 48.7 Å². The van der Waals surface area contributed by atoms with Gasteiger partial charge in [0.2, 0.25) is 5.88 Å². The Balaban J connectivity index is 0.00000140. The van der Waals surface area contributed by atoms with E-state index < -0.39 is 0 Å². The van der Waals surface area contributed by atoms with E-state index in [-0.39, 0.29) is 30.7 Å². The number of aromatic nitrogens is 1. The predicted octanol–water partition coefficient (Wildman–Crippen LogP) is 2.84. The van der Waals surface area contributed by atoms with E-state index in [1.807, 2.05) is 35.2 Å². The first kappa shape index (κ1) is 22.4. The van der Waals surface area contributed by atoms with E-state index in [0.717, 1.165) is 51.4 Å². The topological polar surface area (TPSA) is 57.7 Å². The Hall–Kier alpha value is -1.86. The van der Waals surface area contributed by atoms with Crippen LogP contribution in [0.25, 0.3) is 0 Å². The Kier molecular flexibility index (Phi) is 8.51. The Morgan fingerprint density at radius 2 is 1.79 bits per heavy atom. The van der Waals surface area contributed by atoms with Gasteiger partial charge >= 0.3 is 0 Å². The number of rotatable bonds is 4. The molecule has 2 fully saturated rings. The highest BCUT2D eigenvalue weighted by Crippen LogP contribution is 2.21. The second-order valence-electron chi connectivity index (χ2n) is 6.78. The Morgan fingerprint density at radius 1 is 1.04 bits per heavy atom. The molecule has 2 aliphatic rings.